The molecule has 0 radical (unpaired) electrons. The molecule has 0 amide bonds. The number of aryl methyl sites for hydroxylation is 3. The number of halogens is 1. The van der Waals surface area contributed by atoms with E-state index >= 15 is 0 Å². The summed E-state index contributed by atoms with van der Waals surface area (Å²) >= 11 is 3.50. The summed E-state index contributed by atoms with van der Waals surface area (Å²) in [6.45, 7) is 4.86. The van der Waals surface area contributed by atoms with Crippen molar-refractivity contribution in [2.75, 3.05) is 11.9 Å². The molecular formula is C22H25BrN4O. The normalized spacial score (nSPS) is 10.8. The van der Waals surface area contributed by atoms with Crippen molar-refractivity contribution >= 4 is 21.9 Å². The molecule has 0 bridgehead atoms. The van der Waals surface area contributed by atoms with Gasteiger partial charge in [-0.1, -0.05) is 28.1 Å². The standard InChI is InChI=1S/C22H25BrN4O/c1-15-11-20(23)9-8-18(15)5-3-4-10-24-22-26-14-19(21(28)27-22)12-17-7-6-16(2)25-13-17/h6-9,11,13-14H,3-5,10,12H2,1-2H3,(H2,24,26,27,28). The SMILES string of the molecule is Cc1ccc(Cc2cnc(NCCCCc3ccc(Br)cc3C)[nH]c2=O)cn1. The van der Waals surface area contributed by atoms with Crippen LogP contribution in [0.1, 0.15) is 40.8 Å². The number of nitrogens with one attached hydrogen (secondary N) is 2. The molecule has 0 unspecified atom stereocenters. The molecule has 0 spiro atoms. The summed E-state index contributed by atoms with van der Waals surface area (Å²) in [6, 6.07) is 10.3. The zero-order valence-corrected chi connectivity index (χ0v) is 17.8. The fraction of sp³-hybridized carbons (Fsp3) is 0.318. The molecule has 1 aromatic carbocycles. The van der Waals surface area contributed by atoms with Crippen LogP contribution < -0.4 is 10.9 Å². The number of hydrogen-bond acceptors (Lipinski definition) is 4. The third-order valence-electron chi connectivity index (χ3n) is 4.71. The van der Waals surface area contributed by atoms with E-state index in [2.05, 4.69) is 61.3 Å². The van der Waals surface area contributed by atoms with Gasteiger partial charge in [0.05, 0.1) is 0 Å². The van der Waals surface area contributed by atoms with Gasteiger partial charge in [-0.05, 0) is 68.0 Å². The molecule has 2 heterocycles. The summed E-state index contributed by atoms with van der Waals surface area (Å²) in [5, 5.41) is 3.21. The van der Waals surface area contributed by atoms with Crippen molar-refractivity contribution in [2.45, 2.75) is 39.5 Å². The zero-order valence-electron chi connectivity index (χ0n) is 16.3. The number of hydrogen-bond donors (Lipinski definition) is 2. The Morgan fingerprint density at radius 1 is 1.04 bits per heavy atom. The lowest BCUT2D eigenvalue weighted by atomic mass is 10.0. The van der Waals surface area contributed by atoms with E-state index in [0.29, 0.717) is 17.9 Å². The lowest BCUT2D eigenvalue weighted by Gasteiger charge is -2.08. The van der Waals surface area contributed by atoms with Crippen molar-refractivity contribution in [3.8, 4) is 0 Å². The fourth-order valence-electron chi connectivity index (χ4n) is 3.05. The van der Waals surface area contributed by atoms with Crippen LogP contribution in [-0.4, -0.2) is 21.5 Å². The maximum absolute atomic E-state index is 12.3. The number of aromatic nitrogens is 3. The molecule has 0 saturated carbocycles. The number of anilines is 1. The second-order valence-electron chi connectivity index (χ2n) is 7.03. The molecule has 0 aliphatic heterocycles. The largest absolute Gasteiger partial charge is 0.356 e. The molecule has 2 aromatic heterocycles. The Morgan fingerprint density at radius 2 is 1.89 bits per heavy atom. The van der Waals surface area contributed by atoms with E-state index in [0.717, 1.165) is 41.5 Å². The van der Waals surface area contributed by atoms with Crippen molar-refractivity contribution in [3.05, 3.63) is 85.5 Å². The first-order valence-corrected chi connectivity index (χ1v) is 10.3. The molecule has 146 valence electrons. The first kappa shape index (κ1) is 20.3. The van der Waals surface area contributed by atoms with E-state index in [1.165, 1.54) is 11.1 Å². The average molecular weight is 441 g/mol. The summed E-state index contributed by atoms with van der Waals surface area (Å²) in [7, 11) is 0. The van der Waals surface area contributed by atoms with Gasteiger partial charge in [-0.25, -0.2) is 4.98 Å². The Hall–Kier alpha value is -2.47. The summed E-state index contributed by atoms with van der Waals surface area (Å²) in [6.07, 6.45) is 7.12. The van der Waals surface area contributed by atoms with Crippen LogP contribution >= 0.6 is 15.9 Å². The highest BCUT2D eigenvalue weighted by Gasteiger charge is 2.05. The predicted octanol–water partition coefficient (Wildman–Crippen LogP) is 4.57. The minimum atomic E-state index is -0.108. The quantitative estimate of drug-likeness (QED) is 0.503. The van der Waals surface area contributed by atoms with Gasteiger partial charge in [0.1, 0.15) is 0 Å². The van der Waals surface area contributed by atoms with Crippen LogP contribution in [0, 0.1) is 13.8 Å². The van der Waals surface area contributed by atoms with Crippen molar-refractivity contribution in [3.63, 3.8) is 0 Å². The Morgan fingerprint density at radius 3 is 2.61 bits per heavy atom. The minimum absolute atomic E-state index is 0.108. The Balaban J connectivity index is 1.46. The van der Waals surface area contributed by atoms with E-state index in [1.807, 2.05) is 19.1 Å². The second kappa shape index (κ2) is 9.64. The summed E-state index contributed by atoms with van der Waals surface area (Å²) in [4.78, 5) is 23.7. The highest BCUT2D eigenvalue weighted by Crippen LogP contribution is 2.17. The van der Waals surface area contributed by atoms with E-state index in [-0.39, 0.29) is 5.56 Å². The molecule has 0 aliphatic rings. The van der Waals surface area contributed by atoms with E-state index in [1.54, 1.807) is 12.4 Å². The Labute approximate surface area is 173 Å². The van der Waals surface area contributed by atoms with Crippen molar-refractivity contribution in [2.24, 2.45) is 0 Å². The van der Waals surface area contributed by atoms with Crippen molar-refractivity contribution in [1.82, 2.24) is 15.0 Å². The molecular weight excluding hydrogens is 416 g/mol. The molecule has 28 heavy (non-hydrogen) atoms. The first-order valence-electron chi connectivity index (χ1n) is 9.50. The van der Waals surface area contributed by atoms with Crippen LogP contribution in [0.2, 0.25) is 0 Å². The van der Waals surface area contributed by atoms with Gasteiger partial charge in [0, 0.05) is 41.1 Å². The van der Waals surface area contributed by atoms with Gasteiger partial charge in [0.2, 0.25) is 5.95 Å². The van der Waals surface area contributed by atoms with Gasteiger partial charge in [-0.3, -0.25) is 14.8 Å². The lowest BCUT2D eigenvalue weighted by Crippen LogP contribution is -2.17. The molecule has 5 nitrogen and oxygen atoms in total. The third-order valence-corrected chi connectivity index (χ3v) is 5.20. The highest BCUT2D eigenvalue weighted by atomic mass is 79.9. The van der Waals surface area contributed by atoms with Crippen LogP contribution in [0.25, 0.3) is 0 Å². The van der Waals surface area contributed by atoms with Crippen molar-refractivity contribution < 1.29 is 0 Å². The molecule has 0 aliphatic carbocycles. The van der Waals surface area contributed by atoms with Gasteiger partial charge in [-0.2, -0.15) is 0 Å². The molecule has 0 fully saturated rings. The molecule has 0 atom stereocenters. The van der Waals surface area contributed by atoms with Crippen molar-refractivity contribution in [1.29, 1.82) is 0 Å². The van der Waals surface area contributed by atoms with Crippen LogP contribution in [-0.2, 0) is 12.8 Å². The van der Waals surface area contributed by atoms with Crippen LogP contribution in [0.4, 0.5) is 5.95 Å². The maximum atomic E-state index is 12.3. The minimum Gasteiger partial charge on any atom is -0.356 e. The van der Waals surface area contributed by atoms with Gasteiger partial charge >= 0.3 is 0 Å². The van der Waals surface area contributed by atoms with Gasteiger partial charge in [0.15, 0.2) is 0 Å². The number of benzene rings is 1. The molecule has 6 heteroatoms. The lowest BCUT2D eigenvalue weighted by molar-refractivity contribution is 0.755. The maximum Gasteiger partial charge on any atom is 0.255 e. The summed E-state index contributed by atoms with van der Waals surface area (Å²) in [5.74, 6) is 0.524. The number of pyridine rings is 1. The van der Waals surface area contributed by atoms with Crippen LogP contribution in [0.3, 0.4) is 0 Å². The highest BCUT2D eigenvalue weighted by molar-refractivity contribution is 9.10. The third kappa shape index (κ3) is 5.76. The molecule has 3 aromatic rings. The predicted molar refractivity (Wildman–Crippen MR) is 117 cm³/mol. The zero-order chi connectivity index (χ0) is 19.9. The number of nitrogens with zero attached hydrogens (tertiary/aromatic N) is 2. The van der Waals surface area contributed by atoms with Gasteiger partial charge < -0.3 is 5.32 Å². The number of aromatic amines is 1. The van der Waals surface area contributed by atoms with Gasteiger partial charge in [-0.15, -0.1) is 0 Å². The fourth-order valence-corrected chi connectivity index (χ4v) is 3.52. The van der Waals surface area contributed by atoms with E-state index in [9.17, 15) is 4.79 Å². The molecule has 2 N–H and O–H groups in total. The van der Waals surface area contributed by atoms with E-state index < -0.39 is 0 Å². The van der Waals surface area contributed by atoms with Gasteiger partial charge in [0.25, 0.3) is 5.56 Å². The average Bonchev–Trinajstić information content (AvgIpc) is 2.67. The smallest absolute Gasteiger partial charge is 0.255 e. The summed E-state index contributed by atoms with van der Waals surface area (Å²) < 4.78 is 1.12. The Kier molecular flexibility index (Phi) is 6.98. The van der Waals surface area contributed by atoms with Crippen LogP contribution in [0.15, 0.2) is 52.0 Å². The monoisotopic (exact) mass is 440 g/mol. The van der Waals surface area contributed by atoms with Crippen LogP contribution in [0.5, 0.6) is 0 Å². The summed E-state index contributed by atoms with van der Waals surface area (Å²) in [5.41, 5.74) is 5.19. The molecule has 3 rings (SSSR count). The molecule has 0 saturated heterocycles. The number of H-pyrrole nitrogens is 1. The number of rotatable bonds is 8. The van der Waals surface area contributed by atoms with E-state index in [4.69, 9.17) is 0 Å². The topological polar surface area (TPSA) is 70.7 Å². The first-order chi connectivity index (χ1) is 13.5. The second-order valence-corrected chi connectivity index (χ2v) is 7.94. The number of unbranched alkanes of at least 4 members (excludes halogenated alkanes) is 1. The Bertz CT molecular complexity index is 983.